The van der Waals surface area contributed by atoms with E-state index in [1.54, 1.807) is 0 Å². The fourth-order valence-corrected chi connectivity index (χ4v) is 4.14. The SMILES string of the molecule is CCCCC12CN3CCN(CC(C3)C1O)C2. The molecule has 92 valence electrons. The van der Waals surface area contributed by atoms with Gasteiger partial charge in [-0.15, -0.1) is 0 Å². The highest BCUT2D eigenvalue weighted by molar-refractivity contribution is 5.05. The van der Waals surface area contributed by atoms with Gasteiger partial charge >= 0.3 is 0 Å². The number of hydrogen-bond acceptors (Lipinski definition) is 3. The van der Waals surface area contributed by atoms with Crippen molar-refractivity contribution in [3.05, 3.63) is 0 Å². The van der Waals surface area contributed by atoms with Gasteiger partial charge < -0.3 is 14.9 Å². The van der Waals surface area contributed by atoms with Crippen molar-refractivity contribution in [3.8, 4) is 0 Å². The Hall–Kier alpha value is -0.120. The van der Waals surface area contributed by atoms with Gasteiger partial charge in [-0.2, -0.15) is 0 Å². The summed E-state index contributed by atoms with van der Waals surface area (Å²) >= 11 is 0. The van der Waals surface area contributed by atoms with Crippen molar-refractivity contribution in [2.24, 2.45) is 11.3 Å². The van der Waals surface area contributed by atoms with E-state index in [1.165, 1.54) is 32.4 Å². The maximum absolute atomic E-state index is 10.6. The lowest BCUT2D eigenvalue weighted by Crippen LogP contribution is -2.63. The van der Waals surface area contributed by atoms with Crippen molar-refractivity contribution in [1.82, 2.24) is 9.80 Å². The van der Waals surface area contributed by atoms with Gasteiger partial charge in [0.15, 0.2) is 0 Å². The number of fused-ring (bicyclic) bond motifs is 1. The minimum Gasteiger partial charge on any atom is -0.392 e. The van der Waals surface area contributed by atoms with Crippen LogP contribution in [0.1, 0.15) is 26.2 Å². The molecule has 0 aromatic rings. The Morgan fingerprint density at radius 1 is 1.19 bits per heavy atom. The molecule has 0 aromatic heterocycles. The van der Waals surface area contributed by atoms with Gasteiger partial charge in [-0.05, 0) is 6.42 Å². The zero-order valence-electron chi connectivity index (χ0n) is 10.4. The molecule has 4 saturated heterocycles. The van der Waals surface area contributed by atoms with Gasteiger partial charge in [0, 0.05) is 50.6 Å². The highest BCUT2D eigenvalue weighted by Gasteiger charge is 2.52. The van der Waals surface area contributed by atoms with Crippen molar-refractivity contribution in [3.63, 3.8) is 0 Å². The molecular formula is C13H24N2O. The standard InChI is InChI=1S/C13H24N2O/c1-2-3-4-13-9-14-5-6-15(10-13)8-11(7-14)12(13)16/h11-12,16H,2-10H2,1H3. The molecule has 0 amide bonds. The van der Waals surface area contributed by atoms with Crippen LogP contribution in [0.4, 0.5) is 0 Å². The van der Waals surface area contributed by atoms with Crippen LogP contribution < -0.4 is 0 Å². The zero-order valence-corrected chi connectivity index (χ0v) is 10.4. The predicted molar refractivity (Wildman–Crippen MR) is 64.3 cm³/mol. The fourth-order valence-electron chi connectivity index (χ4n) is 4.14. The van der Waals surface area contributed by atoms with Gasteiger partial charge in [0.25, 0.3) is 0 Å². The molecule has 0 aliphatic carbocycles. The Morgan fingerprint density at radius 3 is 2.38 bits per heavy atom. The third-order valence-corrected chi connectivity index (χ3v) is 4.90. The number of rotatable bonds is 3. The lowest BCUT2D eigenvalue weighted by Gasteiger charge is -2.53. The smallest absolute Gasteiger partial charge is 0.0673 e. The number of piperidine rings is 2. The molecule has 4 heterocycles. The maximum atomic E-state index is 10.6. The number of hydrogen-bond donors (Lipinski definition) is 1. The average Bonchev–Trinajstić information content (AvgIpc) is 2.51. The monoisotopic (exact) mass is 224 g/mol. The van der Waals surface area contributed by atoms with Crippen LogP contribution >= 0.6 is 0 Å². The average molecular weight is 224 g/mol. The van der Waals surface area contributed by atoms with Crippen LogP contribution in [0.2, 0.25) is 0 Å². The van der Waals surface area contributed by atoms with E-state index >= 15 is 0 Å². The molecule has 1 N–H and O–H groups in total. The summed E-state index contributed by atoms with van der Waals surface area (Å²) in [6.45, 7) is 9.23. The van der Waals surface area contributed by atoms with Crippen molar-refractivity contribution in [2.45, 2.75) is 32.3 Å². The number of unbranched alkanes of at least 4 members (excludes halogenated alkanes) is 1. The van der Waals surface area contributed by atoms with Gasteiger partial charge in [-0.1, -0.05) is 19.8 Å². The Morgan fingerprint density at radius 2 is 1.81 bits per heavy atom. The molecule has 4 aliphatic heterocycles. The van der Waals surface area contributed by atoms with E-state index in [4.69, 9.17) is 0 Å². The summed E-state index contributed by atoms with van der Waals surface area (Å²) in [5.74, 6) is 0.516. The van der Waals surface area contributed by atoms with Gasteiger partial charge in [0.05, 0.1) is 6.10 Å². The first-order chi connectivity index (χ1) is 7.73. The molecule has 0 saturated carbocycles. The second kappa shape index (κ2) is 3.97. The Labute approximate surface area is 98.4 Å². The molecule has 0 spiro atoms. The van der Waals surface area contributed by atoms with Crippen molar-refractivity contribution in [2.75, 3.05) is 39.3 Å². The van der Waals surface area contributed by atoms with Crippen LogP contribution in [0.5, 0.6) is 0 Å². The van der Waals surface area contributed by atoms with E-state index < -0.39 is 0 Å². The third kappa shape index (κ3) is 1.60. The van der Waals surface area contributed by atoms with Crippen molar-refractivity contribution in [1.29, 1.82) is 0 Å². The highest BCUT2D eigenvalue weighted by atomic mass is 16.3. The van der Waals surface area contributed by atoms with Crippen LogP contribution in [-0.4, -0.2) is 60.3 Å². The molecule has 4 rings (SSSR count). The Balaban J connectivity index is 1.85. The Bertz CT molecular complexity index is 253. The maximum Gasteiger partial charge on any atom is 0.0673 e. The lowest BCUT2D eigenvalue weighted by molar-refractivity contribution is -0.120. The van der Waals surface area contributed by atoms with Crippen LogP contribution in [0.25, 0.3) is 0 Å². The summed E-state index contributed by atoms with van der Waals surface area (Å²) < 4.78 is 0. The van der Waals surface area contributed by atoms with E-state index in [9.17, 15) is 5.11 Å². The van der Waals surface area contributed by atoms with Crippen LogP contribution in [-0.2, 0) is 0 Å². The quantitative estimate of drug-likeness (QED) is 0.767. The van der Waals surface area contributed by atoms with Gasteiger partial charge in [-0.3, -0.25) is 0 Å². The largest absolute Gasteiger partial charge is 0.392 e. The molecule has 3 atom stereocenters. The molecule has 4 aliphatic rings. The van der Waals surface area contributed by atoms with E-state index in [-0.39, 0.29) is 11.5 Å². The fraction of sp³-hybridized carbons (Fsp3) is 1.00. The number of aliphatic hydroxyl groups excluding tert-OH is 1. The molecule has 0 radical (unpaired) electrons. The highest BCUT2D eigenvalue weighted by Crippen LogP contribution is 2.43. The number of nitrogens with zero attached hydrogens (tertiary/aromatic N) is 2. The normalized spacial score (nSPS) is 50.6. The summed E-state index contributed by atoms with van der Waals surface area (Å²) in [5, 5.41) is 10.6. The van der Waals surface area contributed by atoms with Crippen LogP contribution in [0.15, 0.2) is 0 Å². The van der Waals surface area contributed by atoms with E-state index in [0.717, 1.165) is 26.2 Å². The topological polar surface area (TPSA) is 26.7 Å². The molecule has 4 bridgehead atoms. The van der Waals surface area contributed by atoms with Crippen LogP contribution in [0, 0.1) is 11.3 Å². The molecular weight excluding hydrogens is 200 g/mol. The first kappa shape index (κ1) is 11.0. The van der Waals surface area contributed by atoms with Gasteiger partial charge in [-0.25, -0.2) is 0 Å². The molecule has 3 nitrogen and oxygen atoms in total. The van der Waals surface area contributed by atoms with Crippen molar-refractivity contribution >= 4 is 0 Å². The Kier molecular flexibility index (Phi) is 2.73. The summed E-state index contributed by atoms with van der Waals surface area (Å²) in [7, 11) is 0. The first-order valence-electron chi connectivity index (χ1n) is 6.86. The third-order valence-electron chi connectivity index (χ3n) is 4.90. The minimum absolute atomic E-state index is 0.0374. The van der Waals surface area contributed by atoms with Gasteiger partial charge in [0.2, 0.25) is 0 Å². The first-order valence-corrected chi connectivity index (χ1v) is 6.86. The van der Waals surface area contributed by atoms with Crippen molar-refractivity contribution < 1.29 is 5.11 Å². The lowest BCUT2D eigenvalue weighted by atomic mass is 9.67. The minimum atomic E-state index is -0.0374. The molecule has 16 heavy (non-hydrogen) atoms. The van der Waals surface area contributed by atoms with Gasteiger partial charge in [0.1, 0.15) is 0 Å². The molecule has 4 fully saturated rings. The van der Waals surface area contributed by atoms with E-state index in [2.05, 4.69) is 16.7 Å². The van der Waals surface area contributed by atoms with E-state index in [0.29, 0.717) is 5.92 Å². The summed E-state index contributed by atoms with van der Waals surface area (Å²) in [6.07, 6.45) is 3.70. The second-order valence-electron chi connectivity index (χ2n) is 6.14. The second-order valence-corrected chi connectivity index (χ2v) is 6.14. The summed E-state index contributed by atoms with van der Waals surface area (Å²) in [5.41, 5.74) is 0.202. The molecule has 0 aromatic carbocycles. The zero-order chi connectivity index (χ0) is 11.2. The van der Waals surface area contributed by atoms with Crippen LogP contribution in [0.3, 0.4) is 0 Å². The van der Waals surface area contributed by atoms with E-state index in [1.807, 2.05) is 0 Å². The number of aliphatic hydroxyl groups is 1. The molecule has 3 heteroatoms. The molecule has 3 unspecified atom stereocenters. The predicted octanol–water partition coefficient (Wildman–Crippen LogP) is 0.785. The summed E-state index contributed by atoms with van der Waals surface area (Å²) in [6, 6.07) is 0. The summed E-state index contributed by atoms with van der Waals surface area (Å²) in [4.78, 5) is 5.19.